The maximum atomic E-state index is 12.5. The molecule has 1 rings (SSSR count). The summed E-state index contributed by atoms with van der Waals surface area (Å²) in [6.07, 6.45) is -4.27. The quantitative estimate of drug-likeness (QED) is 0.875. The first-order valence-corrected chi connectivity index (χ1v) is 5.90. The largest absolute Gasteiger partial charge is 0.416 e. The van der Waals surface area contributed by atoms with E-state index in [1.54, 1.807) is 12.1 Å². The van der Waals surface area contributed by atoms with Crippen LogP contribution in [0.4, 0.5) is 13.2 Å². The first-order chi connectivity index (χ1) is 8.36. The molecule has 1 aromatic rings. The van der Waals surface area contributed by atoms with Crippen molar-refractivity contribution in [3.63, 3.8) is 0 Å². The first-order valence-electron chi connectivity index (χ1n) is 5.90. The topological polar surface area (TPSA) is 15.3 Å². The SMILES string of the molecule is CCNCC(c1ccc(C(F)(F)F)cc1)N(C)C. The van der Waals surface area contributed by atoms with Crippen LogP contribution in [0.25, 0.3) is 0 Å². The van der Waals surface area contributed by atoms with Crippen molar-refractivity contribution in [2.24, 2.45) is 0 Å². The minimum atomic E-state index is -4.27. The number of likely N-dealkylation sites (N-methyl/N-ethyl adjacent to an activating group) is 2. The number of alkyl halides is 3. The molecule has 0 aromatic heterocycles. The molecule has 1 atom stereocenters. The number of nitrogens with one attached hydrogen (secondary N) is 1. The zero-order valence-electron chi connectivity index (χ0n) is 10.9. The summed E-state index contributed by atoms with van der Waals surface area (Å²) in [6.45, 7) is 3.55. The molecular weight excluding hydrogens is 241 g/mol. The second-order valence-electron chi connectivity index (χ2n) is 4.41. The Hall–Kier alpha value is -1.07. The third-order valence-corrected chi connectivity index (χ3v) is 2.83. The maximum Gasteiger partial charge on any atom is 0.416 e. The summed E-state index contributed by atoms with van der Waals surface area (Å²) in [4.78, 5) is 1.99. The predicted octanol–water partition coefficient (Wildman–Crippen LogP) is 2.92. The predicted molar refractivity (Wildman–Crippen MR) is 66.4 cm³/mol. The molecule has 18 heavy (non-hydrogen) atoms. The maximum absolute atomic E-state index is 12.5. The van der Waals surface area contributed by atoms with Gasteiger partial charge in [-0.3, -0.25) is 0 Å². The van der Waals surface area contributed by atoms with E-state index in [-0.39, 0.29) is 6.04 Å². The van der Waals surface area contributed by atoms with Crippen LogP contribution in [-0.4, -0.2) is 32.1 Å². The van der Waals surface area contributed by atoms with Crippen molar-refractivity contribution in [1.82, 2.24) is 10.2 Å². The van der Waals surface area contributed by atoms with Gasteiger partial charge in [0, 0.05) is 12.6 Å². The van der Waals surface area contributed by atoms with E-state index in [4.69, 9.17) is 0 Å². The van der Waals surface area contributed by atoms with Gasteiger partial charge in [0.15, 0.2) is 0 Å². The van der Waals surface area contributed by atoms with Gasteiger partial charge in [0.1, 0.15) is 0 Å². The summed E-state index contributed by atoms with van der Waals surface area (Å²) in [5, 5.41) is 3.21. The van der Waals surface area contributed by atoms with Crippen LogP contribution in [0.15, 0.2) is 24.3 Å². The molecule has 0 spiro atoms. The smallest absolute Gasteiger partial charge is 0.315 e. The summed E-state index contributed by atoms with van der Waals surface area (Å²) in [7, 11) is 3.83. The first kappa shape index (κ1) is 15.0. The summed E-state index contributed by atoms with van der Waals surface area (Å²) in [6, 6.07) is 5.44. The summed E-state index contributed by atoms with van der Waals surface area (Å²) in [5.74, 6) is 0. The molecule has 0 aliphatic heterocycles. The van der Waals surface area contributed by atoms with Crippen molar-refractivity contribution in [2.75, 3.05) is 27.2 Å². The second-order valence-corrected chi connectivity index (χ2v) is 4.41. The van der Waals surface area contributed by atoms with Gasteiger partial charge < -0.3 is 10.2 Å². The normalized spacial score (nSPS) is 13.9. The Morgan fingerprint density at radius 1 is 1.17 bits per heavy atom. The number of hydrogen-bond acceptors (Lipinski definition) is 2. The molecule has 0 amide bonds. The molecule has 0 fully saturated rings. The van der Waals surface area contributed by atoms with E-state index < -0.39 is 11.7 Å². The third-order valence-electron chi connectivity index (χ3n) is 2.83. The fourth-order valence-electron chi connectivity index (χ4n) is 1.77. The molecule has 102 valence electrons. The summed E-state index contributed by atoms with van der Waals surface area (Å²) >= 11 is 0. The Labute approximate surface area is 106 Å². The van der Waals surface area contributed by atoms with Crippen LogP contribution < -0.4 is 5.32 Å². The molecule has 0 heterocycles. The lowest BCUT2D eigenvalue weighted by molar-refractivity contribution is -0.137. The van der Waals surface area contributed by atoms with E-state index in [1.807, 2.05) is 25.9 Å². The Bertz CT molecular complexity index is 357. The molecule has 1 unspecified atom stereocenters. The van der Waals surface area contributed by atoms with Gasteiger partial charge in [0.25, 0.3) is 0 Å². The van der Waals surface area contributed by atoms with Crippen molar-refractivity contribution < 1.29 is 13.2 Å². The van der Waals surface area contributed by atoms with Gasteiger partial charge in [-0.25, -0.2) is 0 Å². The van der Waals surface area contributed by atoms with Crippen LogP contribution in [0.1, 0.15) is 24.1 Å². The fourth-order valence-corrected chi connectivity index (χ4v) is 1.77. The van der Waals surface area contributed by atoms with Crippen LogP contribution in [0.2, 0.25) is 0 Å². The Morgan fingerprint density at radius 2 is 1.72 bits per heavy atom. The average Bonchev–Trinajstić information content (AvgIpc) is 2.28. The molecular formula is C13H19F3N2. The molecule has 1 N–H and O–H groups in total. The van der Waals surface area contributed by atoms with Gasteiger partial charge in [-0.1, -0.05) is 19.1 Å². The molecule has 0 radical (unpaired) electrons. The van der Waals surface area contributed by atoms with E-state index in [1.165, 1.54) is 0 Å². The highest BCUT2D eigenvalue weighted by Gasteiger charge is 2.30. The van der Waals surface area contributed by atoms with Crippen molar-refractivity contribution in [3.8, 4) is 0 Å². The van der Waals surface area contributed by atoms with Gasteiger partial charge in [0.2, 0.25) is 0 Å². The zero-order chi connectivity index (χ0) is 13.8. The van der Waals surface area contributed by atoms with E-state index in [0.29, 0.717) is 0 Å². The van der Waals surface area contributed by atoms with E-state index in [0.717, 1.165) is 30.8 Å². The lowest BCUT2D eigenvalue weighted by atomic mass is 10.0. The molecule has 0 bridgehead atoms. The highest BCUT2D eigenvalue weighted by Crippen LogP contribution is 2.30. The van der Waals surface area contributed by atoms with Gasteiger partial charge >= 0.3 is 6.18 Å². The Balaban J connectivity index is 2.87. The minimum absolute atomic E-state index is 0.0761. The molecule has 1 aromatic carbocycles. The zero-order valence-corrected chi connectivity index (χ0v) is 10.9. The number of rotatable bonds is 5. The highest BCUT2D eigenvalue weighted by molar-refractivity contribution is 5.27. The molecule has 0 saturated heterocycles. The highest BCUT2D eigenvalue weighted by atomic mass is 19.4. The van der Waals surface area contributed by atoms with Crippen molar-refractivity contribution in [1.29, 1.82) is 0 Å². The number of nitrogens with zero attached hydrogens (tertiary/aromatic N) is 1. The average molecular weight is 260 g/mol. The monoisotopic (exact) mass is 260 g/mol. The van der Waals surface area contributed by atoms with Gasteiger partial charge in [0.05, 0.1) is 5.56 Å². The molecule has 5 heteroatoms. The lowest BCUT2D eigenvalue weighted by Gasteiger charge is -2.25. The van der Waals surface area contributed by atoms with Crippen LogP contribution in [0.3, 0.4) is 0 Å². The molecule has 0 aliphatic carbocycles. The van der Waals surface area contributed by atoms with Crippen molar-refractivity contribution in [2.45, 2.75) is 19.1 Å². The third kappa shape index (κ3) is 3.99. The summed E-state index contributed by atoms with van der Waals surface area (Å²) < 4.78 is 37.4. The van der Waals surface area contributed by atoms with E-state index in [9.17, 15) is 13.2 Å². The van der Waals surface area contributed by atoms with Crippen LogP contribution in [-0.2, 0) is 6.18 Å². The van der Waals surface area contributed by atoms with Crippen LogP contribution in [0.5, 0.6) is 0 Å². The lowest BCUT2D eigenvalue weighted by Crippen LogP contribution is -2.30. The van der Waals surface area contributed by atoms with E-state index >= 15 is 0 Å². The molecule has 2 nitrogen and oxygen atoms in total. The minimum Gasteiger partial charge on any atom is -0.315 e. The van der Waals surface area contributed by atoms with E-state index in [2.05, 4.69) is 5.32 Å². The fraction of sp³-hybridized carbons (Fsp3) is 0.538. The molecule has 0 aliphatic rings. The number of benzene rings is 1. The van der Waals surface area contributed by atoms with Crippen molar-refractivity contribution in [3.05, 3.63) is 35.4 Å². The number of halogens is 3. The van der Waals surface area contributed by atoms with Crippen LogP contribution in [0, 0.1) is 0 Å². The Morgan fingerprint density at radius 3 is 2.11 bits per heavy atom. The summed E-state index contributed by atoms with van der Waals surface area (Å²) in [5.41, 5.74) is 0.279. The van der Waals surface area contributed by atoms with Gasteiger partial charge in [-0.2, -0.15) is 13.2 Å². The van der Waals surface area contributed by atoms with Gasteiger partial charge in [-0.05, 0) is 38.3 Å². The molecule has 0 saturated carbocycles. The standard InChI is InChI=1S/C13H19F3N2/c1-4-17-9-12(18(2)3)10-5-7-11(8-6-10)13(14,15)16/h5-8,12,17H,4,9H2,1-3H3. The Kier molecular flexibility index (Phi) is 5.16. The van der Waals surface area contributed by atoms with Crippen molar-refractivity contribution >= 4 is 0 Å². The second kappa shape index (κ2) is 6.20. The number of hydrogen-bond donors (Lipinski definition) is 1. The van der Waals surface area contributed by atoms with Gasteiger partial charge in [-0.15, -0.1) is 0 Å². The van der Waals surface area contributed by atoms with Crippen LogP contribution >= 0.6 is 0 Å².